The van der Waals surface area contributed by atoms with Crippen molar-refractivity contribution in [3.63, 3.8) is 0 Å². The van der Waals surface area contributed by atoms with E-state index in [1.165, 1.54) is 0 Å². The van der Waals surface area contributed by atoms with Crippen molar-refractivity contribution in [2.75, 3.05) is 23.3 Å². The van der Waals surface area contributed by atoms with E-state index in [-0.39, 0.29) is 11.9 Å². The van der Waals surface area contributed by atoms with E-state index < -0.39 is 0 Å². The van der Waals surface area contributed by atoms with E-state index in [0.29, 0.717) is 30.1 Å². The molecule has 0 atom stereocenters. The number of anilines is 2. The summed E-state index contributed by atoms with van der Waals surface area (Å²) in [5, 5.41) is 6.37. The Bertz CT molecular complexity index is 1020. The molecule has 0 aliphatic rings. The summed E-state index contributed by atoms with van der Waals surface area (Å²) < 4.78 is 0. The van der Waals surface area contributed by atoms with Crippen molar-refractivity contribution in [2.45, 2.75) is 20.3 Å². The zero-order valence-electron chi connectivity index (χ0n) is 17.7. The van der Waals surface area contributed by atoms with Crippen molar-refractivity contribution in [3.05, 3.63) is 94.5 Å². The number of para-hydroxylation sites is 2. The SMILES string of the molecule is Cc1cccc(C)c1NC(=O)NCCCN(C(=O)c1ccc(Cl)cc1)c1ccccc1. The molecule has 0 saturated carbocycles. The zero-order valence-corrected chi connectivity index (χ0v) is 18.4. The van der Waals surface area contributed by atoms with Gasteiger partial charge < -0.3 is 15.5 Å². The standard InChI is InChI=1S/C25H26ClN3O2/c1-18-8-6-9-19(2)23(18)28-25(31)27-16-7-17-29(22-10-4-3-5-11-22)24(30)20-12-14-21(26)15-13-20/h3-6,8-15H,7,16-17H2,1-2H3,(H2,27,28,31). The molecule has 6 heteroatoms. The summed E-state index contributed by atoms with van der Waals surface area (Å²) >= 11 is 5.95. The average molecular weight is 436 g/mol. The van der Waals surface area contributed by atoms with Gasteiger partial charge in [-0.15, -0.1) is 0 Å². The second-order valence-electron chi connectivity index (χ2n) is 7.30. The first-order valence-corrected chi connectivity index (χ1v) is 10.6. The smallest absolute Gasteiger partial charge is 0.319 e. The molecular weight excluding hydrogens is 410 g/mol. The summed E-state index contributed by atoms with van der Waals surface area (Å²) in [6, 6.07) is 22.0. The van der Waals surface area contributed by atoms with Gasteiger partial charge in [0.1, 0.15) is 0 Å². The molecule has 3 aromatic carbocycles. The summed E-state index contributed by atoms with van der Waals surface area (Å²) in [5.41, 5.74) is 4.22. The van der Waals surface area contributed by atoms with E-state index in [1.54, 1.807) is 29.2 Å². The van der Waals surface area contributed by atoms with Crippen LogP contribution in [-0.4, -0.2) is 25.0 Å². The lowest BCUT2D eigenvalue weighted by Gasteiger charge is -2.23. The summed E-state index contributed by atoms with van der Waals surface area (Å²) in [4.78, 5) is 27.1. The van der Waals surface area contributed by atoms with Gasteiger partial charge in [0, 0.05) is 35.1 Å². The van der Waals surface area contributed by atoms with Crippen LogP contribution < -0.4 is 15.5 Å². The van der Waals surface area contributed by atoms with Crippen LogP contribution in [0.25, 0.3) is 0 Å². The van der Waals surface area contributed by atoms with E-state index in [4.69, 9.17) is 11.6 Å². The molecule has 0 spiro atoms. The zero-order chi connectivity index (χ0) is 22.2. The number of benzene rings is 3. The Labute approximate surface area is 188 Å². The van der Waals surface area contributed by atoms with Gasteiger partial charge in [-0.3, -0.25) is 4.79 Å². The maximum absolute atomic E-state index is 13.1. The number of nitrogens with zero attached hydrogens (tertiary/aromatic N) is 1. The lowest BCUT2D eigenvalue weighted by molar-refractivity contribution is 0.0986. The van der Waals surface area contributed by atoms with Gasteiger partial charge in [-0.05, 0) is 67.8 Å². The van der Waals surface area contributed by atoms with E-state index in [1.807, 2.05) is 62.4 Å². The van der Waals surface area contributed by atoms with Gasteiger partial charge in [-0.1, -0.05) is 48.0 Å². The number of halogens is 1. The third kappa shape index (κ3) is 6.09. The number of carbonyl (C=O) groups is 2. The lowest BCUT2D eigenvalue weighted by Crippen LogP contribution is -2.35. The number of amides is 3. The van der Waals surface area contributed by atoms with Crippen LogP contribution in [-0.2, 0) is 0 Å². The van der Waals surface area contributed by atoms with Crippen LogP contribution in [0.5, 0.6) is 0 Å². The Balaban J connectivity index is 1.60. The first-order chi connectivity index (χ1) is 15.0. The van der Waals surface area contributed by atoms with Crippen LogP contribution in [0.4, 0.5) is 16.2 Å². The molecular formula is C25H26ClN3O2. The lowest BCUT2D eigenvalue weighted by atomic mass is 10.1. The minimum atomic E-state index is -0.257. The average Bonchev–Trinajstić information content (AvgIpc) is 2.77. The fourth-order valence-electron chi connectivity index (χ4n) is 3.31. The molecule has 0 aromatic heterocycles. The Morgan fingerprint density at radius 3 is 2.16 bits per heavy atom. The van der Waals surface area contributed by atoms with E-state index in [9.17, 15) is 9.59 Å². The van der Waals surface area contributed by atoms with Crippen molar-refractivity contribution < 1.29 is 9.59 Å². The second kappa shape index (κ2) is 10.6. The van der Waals surface area contributed by atoms with Crippen molar-refractivity contribution in [2.24, 2.45) is 0 Å². The van der Waals surface area contributed by atoms with Crippen molar-refractivity contribution in [1.82, 2.24) is 5.32 Å². The predicted molar refractivity (Wildman–Crippen MR) is 127 cm³/mol. The quantitative estimate of drug-likeness (QED) is 0.459. The van der Waals surface area contributed by atoms with Crippen LogP contribution >= 0.6 is 11.6 Å². The molecule has 2 N–H and O–H groups in total. The number of nitrogens with one attached hydrogen (secondary N) is 2. The topological polar surface area (TPSA) is 61.4 Å². The van der Waals surface area contributed by atoms with E-state index in [0.717, 1.165) is 22.5 Å². The highest BCUT2D eigenvalue weighted by molar-refractivity contribution is 6.30. The maximum atomic E-state index is 13.1. The normalized spacial score (nSPS) is 10.4. The van der Waals surface area contributed by atoms with Crippen LogP contribution in [0.3, 0.4) is 0 Å². The molecule has 0 aliphatic heterocycles. The second-order valence-corrected chi connectivity index (χ2v) is 7.74. The number of hydrogen-bond donors (Lipinski definition) is 2. The minimum Gasteiger partial charge on any atom is -0.338 e. The highest BCUT2D eigenvalue weighted by atomic mass is 35.5. The molecule has 0 fully saturated rings. The van der Waals surface area contributed by atoms with Gasteiger partial charge in [0.2, 0.25) is 0 Å². The van der Waals surface area contributed by atoms with Gasteiger partial charge in [0.25, 0.3) is 5.91 Å². The predicted octanol–water partition coefficient (Wildman–Crippen LogP) is 5.82. The molecule has 0 saturated heterocycles. The van der Waals surface area contributed by atoms with Crippen LogP contribution in [0.2, 0.25) is 5.02 Å². The number of aryl methyl sites for hydroxylation is 2. The Morgan fingerprint density at radius 1 is 0.871 bits per heavy atom. The Morgan fingerprint density at radius 2 is 1.52 bits per heavy atom. The van der Waals surface area contributed by atoms with Gasteiger partial charge in [0.15, 0.2) is 0 Å². The molecule has 3 amide bonds. The van der Waals surface area contributed by atoms with Gasteiger partial charge in [0.05, 0.1) is 0 Å². The third-order valence-corrected chi connectivity index (χ3v) is 5.22. The Kier molecular flexibility index (Phi) is 7.68. The van der Waals surface area contributed by atoms with E-state index >= 15 is 0 Å². The molecule has 0 radical (unpaired) electrons. The number of rotatable bonds is 7. The molecule has 5 nitrogen and oxygen atoms in total. The Hall–Kier alpha value is -3.31. The fraction of sp³-hybridized carbons (Fsp3) is 0.200. The molecule has 160 valence electrons. The summed E-state index contributed by atoms with van der Waals surface area (Å²) in [5.74, 6) is -0.108. The molecule has 31 heavy (non-hydrogen) atoms. The first-order valence-electron chi connectivity index (χ1n) is 10.2. The number of hydrogen-bond acceptors (Lipinski definition) is 2. The van der Waals surface area contributed by atoms with Crippen molar-refractivity contribution in [3.8, 4) is 0 Å². The largest absolute Gasteiger partial charge is 0.338 e. The summed E-state index contributed by atoms with van der Waals surface area (Å²) in [7, 11) is 0. The van der Waals surface area contributed by atoms with Gasteiger partial charge in [-0.2, -0.15) is 0 Å². The minimum absolute atomic E-state index is 0.108. The van der Waals surface area contributed by atoms with Crippen LogP contribution in [0.1, 0.15) is 27.9 Å². The molecule has 0 heterocycles. The maximum Gasteiger partial charge on any atom is 0.319 e. The van der Waals surface area contributed by atoms with Gasteiger partial charge >= 0.3 is 6.03 Å². The number of urea groups is 1. The fourth-order valence-corrected chi connectivity index (χ4v) is 3.44. The molecule has 0 aliphatic carbocycles. The van der Waals surface area contributed by atoms with Crippen LogP contribution in [0.15, 0.2) is 72.8 Å². The van der Waals surface area contributed by atoms with Gasteiger partial charge in [-0.25, -0.2) is 4.79 Å². The summed E-state index contributed by atoms with van der Waals surface area (Å²) in [6.07, 6.45) is 0.606. The summed E-state index contributed by atoms with van der Waals surface area (Å²) in [6.45, 7) is 4.83. The van der Waals surface area contributed by atoms with Crippen LogP contribution in [0, 0.1) is 13.8 Å². The third-order valence-electron chi connectivity index (χ3n) is 4.97. The highest BCUT2D eigenvalue weighted by Gasteiger charge is 2.17. The van der Waals surface area contributed by atoms with Crippen molar-refractivity contribution >= 4 is 34.9 Å². The highest BCUT2D eigenvalue weighted by Crippen LogP contribution is 2.20. The molecule has 0 bridgehead atoms. The monoisotopic (exact) mass is 435 g/mol. The molecule has 3 rings (SSSR count). The molecule has 3 aromatic rings. The number of carbonyl (C=O) groups excluding carboxylic acids is 2. The van der Waals surface area contributed by atoms with E-state index in [2.05, 4.69) is 10.6 Å². The molecule has 0 unspecified atom stereocenters. The first kappa shape index (κ1) is 22.4. The van der Waals surface area contributed by atoms with Crippen molar-refractivity contribution in [1.29, 1.82) is 0 Å².